The highest BCUT2D eigenvalue weighted by Crippen LogP contribution is 2.16. The minimum Gasteiger partial charge on any atom is -0.508 e. The van der Waals surface area contributed by atoms with Crippen LogP contribution in [-0.2, 0) is 4.74 Å². The van der Waals surface area contributed by atoms with E-state index in [4.69, 9.17) is 4.74 Å². The first-order chi connectivity index (χ1) is 11.7. The molecule has 1 unspecified atom stereocenters. The molecule has 0 saturated heterocycles. The fourth-order valence-electron chi connectivity index (χ4n) is 2.85. The van der Waals surface area contributed by atoms with E-state index in [0.717, 1.165) is 19.3 Å². The standard InChI is InChI=1S/C21H34O3/c1-3-5-6-7-8-9-10-11-12-13-20(4-2)24-21(23)18-14-16-19(22)17-15-18/h14-17,20,22H,3-13H2,1-2H3. The summed E-state index contributed by atoms with van der Waals surface area (Å²) < 4.78 is 5.58. The largest absolute Gasteiger partial charge is 0.508 e. The van der Waals surface area contributed by atoms with E-state index in [1.54, 1.807) is 12.1 Å². The van der Waals surface area contributed by atoms with E-state index in [-0.39, 0.29) is 17.8 Å². The lowest BCUT2D eigenvalue weighted by Crippen LogP contribution is -2.17. The van der Waals surface area contributed by atoms with Gasteiger partial charge < -0.3 is 9.84 Å². The SMILES string of the molecule is CCCCCCCCCCCC(CC)OC(=O)c1ccc(O)cc1. The first-order valence-electron chi connectivity index (χ1n) is 9.67. The monoisotopic (exact) mass is 334 g/mol. The van der Waals surface area contributed by atoms with Crippen molar-refractivity contribution in [2.75, 3.05) is 0 Å². The van der Waals surface area contributed by atoms with Gasteiger partial charge in [-0.05, 0) is 43.5 Å². The fourth-order valence-corrected chi connectivity index (χ4v) is 2.85. The fraction of sp³-hybridized carbons (Fsp3) is 0.667. The molecule has 0 bridgehead atoms. The third-order valence-electron chi connectivity index (χ3n) is 4.46. The van der Waals surface area contributed by atoms with Gasteiger partial charge in [-0.15, -0.1) is 0 Å². The first-order valence-corrected chi connectivity index (χ1v) is 9.67. The molecule has 1 N–H and O–H groups in total. The zero-order valence-electron chi connectivity index (χ0n) is 15.4. The van der Waals surface area contributed by atoms with Gasteiger partial charge in [-0.2, -0.15) is 0 Å². The van der Waals surface area contributed by atoms with E-state index < -0.39 is 0 Å². The Morgan fingerprint density at radius 3 is 2.00 bits per heavy atom. The van der Waals surface area contributed by atoms with Gasteiger partial charge in [0, 0.05) is 0 Å². The van der Waals surface area contributed by atoms with Crippen LogP contribution in [0.4, 0.5) is 0 Å². The number of aromatic hydroxyl groups is 1. The third kappa shape index (κ3) is 8.95. The minimum atomic E-state index is -0.294. The van der Waals surface area contributed by atoms with Crippen molar-refractivity contribution in [3.63, 3.8) is 0 Å². The second-order valence-electron chi connectivity index (χ2n) is 6.60. The normalized spacial score (nSPS) is 12.1. The van der Waals surface area contributed by atoms with Crippen LogP contribution in [0.15, 0.2) is 24.3 Å². The van der Waals surface area contributed by atoms with Crippen molar-refractivity contribution in [1.29, 1.82) is 0 Å². The van der Waals surface area contributed by atoms with Gasteiger partial charge in [-0.3, -0.25) is 0 Å². The number of carbonyl (C=O) groups excluding carboxylic acids is 1. The Morgan fingerprint density at radius 1 is 0.917 bits per heavy atom. The van der Waals surface area contributed by atoms with Crippen LogP contribution >= 0.6 is 0 Å². The van der Waals surface area contributed by atoms with E-state index in [9.17, 15) is 9.90 Å². The molecular weight excluding hydrogens is 300 g/mol. The molecular formula is C21H34O3. The summed E-state index contributed by atoms with van der Waals surface area (Å²) in [5, 5.41) is 9.26. The van der Waals surface area contributed by atoms with Crippen molar-refractivity contribution in [3.05, 3.63) is 29.8 Å². The van der Waals surface area contributed by atoms with Gasteiger partial charge in [0.2, 0.25) is 0 Å². The smallest absolute Gasteiger partial charge is 0.338 e. The molecule has 3 heteroatoms. The second kappa shape index (κ2) is 12.9. The molecule has 1 rings (SSSR count). The van der Waals surface area contributed by atoms with Crippen LogP contribution in [0.25, 0.3) is 0 Å². The molecule has 0 aromatic heterocycles. The van der Waals surface area contributed by atoms with Crippen LogP contribution in [0.2, 0.25) is 0 Å². The van der Waals surface area contributed by atoms with Gasteiger partial charge in [-0.25, -0.2) is 4.79 Å². The quantitative estimate of drug-likeness (QED) is 0.342. The van der Waals surface area contributed by atoms with Gasteiger partial charge in [-0.1, -0.05) is 65.2 Å². The Labute approximate surface area is 147 Å². The minimum absolute atomic E-state index is 0.00384. The summed E-state index contributed by atoms with van der Waals surface area (Å²) >= 11 is 0. The van der Waals surface area contributed by atoms with E-state index in [2.05, 4.69) is 13.8 Å². The number of phenolic OH excluding ortho intramolecular Hbond substituents is 1. The summed E-state index contributed by atoms with van der Waals surface area (Å²) in [5.74, 6) is -0.133. The topological polar surface area (TPSA) is 46.5 Å². The van der Waals surface area contributed by atoms with Crippen LogP contribution in [-0.4, -0.2) is 17.2 Å². The van der Waals surface area contributed by atoms with Crippen LogP contribution in [0.5, 0.6) is 5.75 Å². The molecule has 0 aliphatic rings. The summed E-state index contributed by atoms with van der Waals surface area (Å²) in [6, 6.07) is 6.22. The number of ether oxygens (including phenoxy) is 1. The number of esters is 1. The van der Waals surface area contributed by atoms with Crippen molar-refractivity contribution in [1.82, 2.24) is 0 Å². The molecule has 3 nitrogen and oxygen atoms in total. The Bertz CT molecular complexity index is 439. The van der Waals surface area contributed by atoms with Gasteiger partial charge in [0.1, 0.15) is 11.9 Å². The van der Waals surface area contributed by atoms with E-state index in [0.29, 0.717) is 5.56 Å². The number of carbonyl (C=O) groups is 1. The van der Waals surface area contributed by atoms with Crippen molar-refractivity contribution in [2.24, 2.45) is 0 Å². The molecule has 0 heterocycles. The average Bonchev–Trinajstić information content (AvgIpc) is 2.59. The first kappa shape index (κ1) is 20.5. The number of unbranched alkanes of at least 4 members (excludes halogenated alkanes) is 8. The molecule has 0 fully saturated rings. The lowest BCUT2D eigenvalue weighted by molar-refractivity contribution is 0.0267. The molecule has 0 amide bonds. The summed E-state index contributed by atoms with van der Waals surface area (Å²) in [6.45, 7) is 4.31. The van der Waals surface area contributed by atoms with Crippen molar-refractivity contribution in [2.45, 2.75) is 90.6 Å². The van der Waals surface area contributed by atoms with Crippen LogP contribution < -0.4 is 0 Å². The van der Waals surface area contributed by atoms with Crippen LogP contribution in [0.1, 0.15) is 94.8 Å². The maximum atomic E-state index is 12.1. The second-order valence-corrected chi connectivity index (χ2v) is 6.60. The number of hydrogen-bond acceptors (Lipinski definition) is 3. The predicted octanol–water partition coefficient (Wildman–Crippen LogP) is 6.25. The maximum absolute atomic E-state index is 12.1. The van der Waals surface area contributed by atoms with Gasteiger partial charge >= 0.3 is 5.97 Å². The highest BCUT2D eigenvalue weighted by Gasteiger charge is 2.14. The van der Waals surface area contributed by atoms with Crippen molar-refractivity contribution in [3.8, 4) is 5.75 Å². The summed E-state index contributed by atoms with van der Waals surface area (Å²) in [5.41, 5.74) is 0.498. The third-order valence-corrected chi connectivity index (χ3v) is 4.46. The molecule has 0 saturated carbocycles. The lowest BCUT2D eigenvalue weighted by atomic mass is 10.0. The van der Waals surface area contributed by atoms with E-state index in [1.165, 1.54) is 63.5 Å². The molecule has 24 heavy (non-hydrogen) atoms. The molecule has 0 aliphatic heterocycles. The zero-order chi connectivity index (χ0) is 17.6. The number of rotatable bonds is 13. The van der Waals surface area contributed by atoms with Gasteiger partial charge in [0.05, 0.1) is 5.56 Å². The lowest BCUT2D eigenvalue weighted by Gasteiger charge is -2.16. The molecule has 0 aliphatic carbocycles. The van der Waals surface area contributed by atoms with Crippen molar-refractivity contribution >= 4 is 5.97 Å². The Balaban J connectivity index is 2.14. The van der Waals surface area contributed by atoms with Gasteiger partial charge in [0.15, 0.2) is 0 Å². The molecule has 1 aromatic rings. The molecule has 0 radical (unpaired) electrons. The Morgan fingerprint density at radius 2 is 1.46 bits per heavy atom. The Kier molecular flexibility index (Phi) is 11.0. The number of hydrogen-bond donors (Lipinski definition) is 1. The summed E-state index contributed by atoms with van der Waals surface area (Å²) in [7, 11) is 0. The molecule has 0 spiro atoms. The zero-order valence-corrected chi connectivity index (χ0v) is 15.4. The molecule has 136 valence electrons. The average molecular weight is 334 g/mol. The Hall–Kier alpha value is -1.51. The van der Waals surface area contributed by atoms with Crippen molar-refractivity contribution < 1.29 is 14.6 Å². The van der Waals surface area contributed by atoms with Crippen LogP contribution in [0, 0.1) is 0 Å². The highest BCUT2D eigenvalue weighted by atomic mass is 16.5. The van der Waals surface area contributed by atoms with Gasteiger partial charge in [0.25, 0.3) is 0 Å². The van der Waals surface area contributed by atoms with E-state index in [1.807, 2.05) is 0 Å². The summed E-state index contributed by atoms with van der Waals surface area (Å²) in [4.78, 5) is 12.1. The highest BCUT2D eigenvalue weighted by molar-refractivity contribution is 5.89. The molecule has 1 aromatic carbocycles. The number of phenols is 1. The van der Waals surface area contributed by atoms with Crippen LogP contribution in [0.3, 0.4) is 0 Å². The number of benzene rings is 1. The van der Waals surface area contributed by atoms with E-state index >= 15 is 0 Å². The summed E-state index contributed by atoms with van der Waals surface area (Å²) in [6.07, 6.45) is 13.5. The predicted molar refractivity (Wildman–Crippen MR) is 99.4 cm³/mol. The molecule has 1 atom stereocenters. The maximum Gasteiger partial charge on any atom is 0.338 e.